The Bertz CT molecular complexity index is 908. The third-order valence-electron chi connectivity index (χ3n) is 5.77. The zero-order valence-corrected chi connectivity index (χ0v) is 18.6. The van der Waals surface area contributed by atoms with Crippen molar-refractivity contribution >= 4 is 15.7 Å². The van der Waals surface area contributed by atoms with E-state index in [1.165, 1.54) is 50.3 Å². The van der Waals surface area contributed by atoms with Crippen LogP contribution in [0.5, 0.6) is 0 Å². The molecule has 0 fully saturated rings. The molecular formula is C27H28P2. The second-order valence-corrected chi connectivity index (χ2v) is 10.9. The van der Waals surface area contributed by atoms with Crippen LogP contribution in [0.4, 0.5) is 0 Å². The SMILES string of the molecule is c1ccc(C(CCC(c2ccccc2)c2ccccc2)CCp2ccpc2)cc1. The fourth-order valence-corrected chi connectivity index (χ4v) is 7.71. The highest BCUT2D eigenvalue weighted by atomic mass is 31.1. The first-order valence-corrected chi connectivity index (χ1v) is 13.2. The topological polar surface area (TPSA) is 0 Å². The Balaban J connectivity index is 1.53. The minimum Gasteiger partial charge on any atom is -0.120 e. The second kappa shape index (κ2) is 10.6. The van der Waals surface area contributed by atoms with Crippen molar-refractivity contribution in [1.29, 1.82) is 0 Å². The molecule has 1 aromatic heterocycles. The summed E-state index contributed by atoms with van der Waals surface area (Å²) in [6.07, 6.45) is 5.01. The van der Waals surface area contributed by atoms with Gasteiger partial charge in [-0.3, -0.25) is 0 Å². The highest BCUT2D eigenvalue weighted by molar-refractivity contribution is 7.56. The molecule has 0 saturated carbocycles. The molecule has 0 nitrogen and oxygen atoms in total. The van der Waals surface area contributed by atoms with Crippen molar-refractivity contribution < 1.29 is 0 Å². The molecule has 2 atom stereocenters. The van der Waals surface area contributed by atoms with Gasteiger partial charge in [0.25, 0.3) is 0 Å². The molecular weight excluding hydrogens is 386 g/mol. The lowest BCUT2D eigenvalue weighted by atomic mass is 9.83. The van der Waals surface area contributed by atoms with Crippen LogP contribution in [0.2, 0.25) is 0 Å². The van der Waals surface area contributed by atoms with Crippen molar-refractivity contribution in [3.63, 3.8) is 0 Å². The maximum absolute atomic E-state index is 2.49. The summed E-state index contributed by atoms with van der Waals surface area (Å²) in [6, 6.07) is 33.2. The summed E-state index contributed by atoms with van der Waals surface area (Å²) in [5, 5.41) is 0. The molecule has 3 aromatic carbocycles. The summed E-state index contributed by atoms with van der Waals surface area (Å²) in [6.45, 7) is 0. The van der Waals surface area contributed by atoms with Crippen LogP contribution in [0.25, 0.3) is 0 Å². The van der Waals surface area contributed by atoms with Gasteiger partial charge in [0.05, 0.1) is 0 Å². The van der Waals surface area contributed by atoms with Gasteiger partial charge in [-0.1, -0.05) is 99.2 Å². The standard InChI is InChI=1S/C27H28P2/c1-4-10-23(11-5-1)24(18-20-29-21-19-28-22-29)16-17-27(25-12-6-2-7-13-25)26-14-8-3-9-15-26/h1-15,19,21-22,24,27H,16-18,20H2. The molecule has 29 heavy (non-hydrogen) atoms. The first-order chi connectivity index (χ1) is 14.4. The minimum absolute atomic E-state index is 0.000401. The monoisotopic (exact) mass is 414 g/mol. The van der Waals surface area contributed by atoms with E-state index in [2.05, 4.69) is 108 Å². The lowest BCUT2D eigenvalue weighted by Gasteiger charge is -2.23. The molecule has 0 amide bonds. The van der Waals surface area contributed by atoms with E-state index in [4.69, 9.17) is 0 Å². The van der Waals surface area contributed by atoms with Crippen LogP contribution < -0.4 is 0 Å². The van der Waals surface area contributed by atoms with Gasteiger partial charge in [0.2, 0.25) is 0 Å². The molecule has 4 aromatic rings. The molecule has 0 aliphatic heterocycles. The number of hydrogen-bond donors (Lipinski definition) is 0. The van der Waals surface area contributed by atoms with Gasteiger partial charge in [0.15, 0.2) is 0 Å². The van der Waals surface area contributed by atoms with Gasteiger partial charge in [-0.2, -0.15) is 0 Å². The molecule has 0 radical (unpaired) electrons. The van der Waals surface area contributed by atoms with Crippen molar-refractivity contribution in [3.8, 4) is 0 Å². The van der Waals surface area contributed by atoms with E-state index >= 15 is 0 Å². The third-order valence-corrected chi connectivity index (χ3v) is 9.36. The van der Waals surface area contributed by atoms with Crippen molar-refractivity contribution in [2.24, 2.45) is 0 Å². The quantitative estimate of drug-likeness (QED) is 0.256. The molecule has 0 N–H and O–H groups in total. The number of aryl methyl sites for hydroxylation is 1. The molecule has 0 bridgehead atoms. The van der Waals surface area contributed by atoms with Crippen molar-refractivity contribution in [2.45, 2.75) is 37.3 Å². The summed E-state index contributed by atoms with van der Waals surface area (Å²) in [4.78, 5) is 0. The van der Waals surface area contributed by atoms with Gasteiger partial charge in [0, 0.05) is 5.92 Å². The number of benzene rings is 3. The maximum Gasteiger partial charge on any atom is 0.00895 e. The molecule has 0 spiro atoms. The predicted octanol–water partition coefficient (Wildman–Crippen LogP) is 9.04. The van der Waals surface area contributed by atoms with Crippen LogP contribution in [-0.4, -0.2) is 0 Å². The average molecular weight is 414 g/mol. The normalized spacial score (nSPS) is 13.1. The van der Waals surface area contributed by atoms with Crippen molar-refractivity contribution in [1.82, 2.24) is 0 Å². The van der Waals surface area contributed by atoms with E-state index in [0.29, 0.717) is 11.8 Å². The van der Waals surface area contributed by atoms with Crippen molar-refractivity contribution in [3.05, 3.63) is 125 Å². The Labute approximate surface area is 177 Å². The Morgan fingerprint density at radius 1 is 0.621 bits per heavy atom. The van der Waals surface area contributed by atoms with Crippen LogP contribution >= 0.6 is 15.7 Å². The largest absolute Gasteiger partial charge is 0.120 e. The maximum atomic E-state index is 2.49. The fraction of sp³-hybridized carbons (Fsp3) is 0.222. The van der Waals surface area contributed by atoms with Gasteiger partial charge >= 0.3 is 0 Å². The molecule has 0 aliphatic rings. The van der Waals surface area contributed by atoms with Crippen LogP contribution in [0, 0.1) is 0 Å². The van der Waals surface area contributed by atoms with E-state index in [-0.39, 0.29) is 7.53 Å². The van der Waals surface area contributed by atoms with E-state index in [0.717, 1.165) is 0 Å². The zero-order valence-electron chi connectivity index (χ0n) is 16.8. The molecule has 0 aliphatic carbocycles. The lowest BCUT2D eigenvalue weighted by molar-refractivity contribution is 0.541. The molecule has 0 saturated heterocycles. The molecule has 4 rings (SSSR count). The second-order valence-electron chi connectivity index (χ2n) is 7.65. The van der Waals surface area contributed by atoms with Gasteiger partial charge in [-0.05, 0) is 65.2 Å². The van der Waals surface area contributed by atoms with E-state index < -0.39 is 0 Å². The third kappa shape index (κ3) is 5.70. The summed E-state index contributed by atoms with van der Waals surface area (Å²) in [5.41, 5.74) is 6.86. The Morgan fingerprint density at radius 2 is 1.17 bits per heavy atom. The Kier molecular flexibility index (Phi) is 7.36. The van der Waals surface area contributed by atoms with Crippen LogP contribution in [0.3, 0.4) is 0 Å². The minimum atomic E-state index is 0.000401. The fourth-order valence-electron chi connectivity index (χ4n) is 4.19. The highest BCUT2D eigenvalue weighted by Crippen LogP contribution is 2.40. The lowest BCUT2D eigenvalue weighted by Crippen LogP contribution is -2.06. The van der Waals surface area contributed by atoms with Gasteiger partial charge in [0.1, 0.15) is 0 Å². The predicted molar refractivity (Wildman–Crippen MR) is 129 cm³/mol. The first-order valence-electron chi connectivity index (χ1n) is 10.5. The van der Waals surface area contributed by atoms with Crippen molar-refractivity contribution in [2.75, 3.05) is 0 Å². The summed E-state index contributed by atoms with van der Waals surface area (Å²) in [7, 11) is 1.40. The van der Waals surface area contributed by atoms with Crippen LogP contribution in [0.1, 0.15) is 47.8 Å². The molecule has 2 heteroatoms. The Hall–Kier alpha value is -2.13. The molecule has 2 unspecified atom stereocenters. The molecule has 146 valence electrons. The average Bonchev–Trinajstić information content (AvgIpc) is 3.32. The number of rotatable bonds is 9. The highest BCUT2D eigenvalue weighted by Gasteiger charge is 2.18. The van der Waals surface area contributed by atoms with Gasteiger partial charge in [-0.25, -0.2) is 0 Å². The van der Waals surface area contributed by atoms with Crippen LogP contribution in [0.15, 0.2) is 108 Å². The summed E-state index contributed by atoms with van der Waals surface area (Å²) in [5.74, 6) is 5.85. The van der Waals surface area contributed by atoms with E-state index in [9.17, 15) is 0 Å². The summed E-state index contributed by atoms with van der Waals surface area (Å²) < 4.78 is 0. The van der Waals surface area contributed by atoms with Crippen LogP contribution in [-0.2, 0) is 6.16 Å². The van der Waals surface area contributed by atoms with Gasteiger partial charge < -0.3 is 0 Å². The molecule has 1 heterocycles. The summed E-state index contributed by atoms with van der Waals surface area (Å²) >= 11 is 0. The van der Waals surface area contributed by atoms with E-state index in [1.807, 2.05) is 0 Å². The van der Waals surface area contributed by atoms with E-state index in [1.54, 1.807) is 0 Å². The first kappa shape index (κ1) is 20.2. The zero-order chi connectivity index (χ0) is 19.7. The smallest absolute Gasteiger partial charge is 0.00895 e. The Morgan fingerprint density at radius 3 is 1.69 bits per heavy atom. The van der Waals surface area contributed by atoms with Gasteiger partial charge in [-0.15, -0.1) is 7.53 Å². The number of hydrogen-bond acceptors (Lipinski definition) is 0.